The summed E-state index contributed by atoms with van der Waals surface area (Å²) in [6.45, 7) is 1.94. The van der Waals surface area contributed by atoms with Crippen LogP contribution in [0.25, 0.3) is 6.08 Å². The third-order valence-corrected chi connectivity index (χ3v) is 6.20. The van der Waals surface area contributed by atoms with Crippen molar-refractivity contribution in [3.63, 3.8) is 0 Å². The van der Waals surface area contributed by atoms with Crippen LogP contribution in [0, 0.1) is 15.9 Å². The molecule has 0 spiro atoms. The monoisotopic (exact) mass is 508 g/mol. The molecule has 2 amide bonds. The Bertz CT molecular complexity index is 1360. The highest BCUT2D eigenvalue weighted by Gasteiger charge is 2.35. The molecule has 184 valence electrons. The molecular weight excluding hydrogens is 487 g/mol. The molecule has 0 unspecified atom stereocenters. The lowest BCUT2D eigenvalue weighted by molar-refractivity contribution is -0.385. The first-order valence-corrected chi connectivity index (χ1v) is 11.8. The Morgan fingerprint density at radius 3 is 2.44 bits per heavy atom. The van der Waals surface area contributed by atoms with Crippen molar-refractivity contribution in [1.29, 1.82) is 0 Å². The molecule has 4 rings (SSSR count). The minimum absolute atomic E-state index is 0.0362. The zero-order chi connectivity index (χ0) is 25.7. The van der Waals surface area contributed by atoms with E-state index < -0.39 is 21.9 Å². The number of nitro groups is 1. The number of rotatable bonds is 9. The SMILES string of the molecule is CCOc1cc(/C=C2\SC(=O)N(Cc3ccccc3F)C2=O)ccc1OCc1ccccc1[N+](=O)[O-]. The van der Waals surface area contributed by atoms with Crippen LogP contribution in [0.4, 0.5) is 14.9 Å². The summed E-state index contributed by atoms with van der Waals surface area (Å²) in [5.74, 6) is -0.239. The number of halogens is 1. The van der Waals surface area contributed by atoms with Crippen molar-refractivity contribution in [1.82, 2.24) is 4.90 Å². The third-order valence-electron chi connectivity index (χ3n) is 5.30. The van der Waals surface area contributed by atoms with Crippen LogP contribution in [0.5, 0.6) is 11.5 Å². The van der Waals surface area contributed by atoms with Gasteiger partial charge in [-0.15, -0.1) is 0 Å². The van der Waals surface area contributed by atoms with E-state index >= 15 is 0 Å². The van der Waals surface area contributed by atoms with Crippen LogP contribution < -0.4 is 9.47 Å². The van der Waals surface area contributed by atoms with Gasteiger partial charge in [-0.2, -0.15) is 0 Å². The summed E-state index contributed by atoms with van der Waals surface area (Å²) >= 11 is 0.777. The van der Waals surface area contributed by atoms with Gasteiger partial charge in [-0.25, -0.2) is 4.39 Å². The lowest BCUT2D eigenvalue weighted by Crippen LogP contribution is -2.27. The van der Waals surface area contributed by atoms with Gasteiger partial charge in [0.1, 0.15) is 12.4 Å². The predicted octanol–water partition coefficient (Wildman–Crippen LogP) is 5.95. The van der Waals surface area contributed by atoms with Gasteiger partial charge < -0.3 is 9.47 Å². The normalized spacial score (nSPS) is 14.4. The van der Waals surface area contributed by atoms with Crippen molar-refractivity contribution in [2.24, 2.45) is 0 Å². The van der Waals surface area contributed by atoms with Gasteiger partial charge in [0.2, 0.25) is 0 Å². The maximum Gasteiger partial charge on any atom is 0.293 e. The number of carbonyl (C=O) groups excluding carboxylic acids is 2. The summed E-state index contributed by atoms with van der Waals surface area (Å²) in [5, 5.41) is 10.8. The Morgan fingerprint density at radius 2 is 1.72 bits per heavy atom. The second kappa shape index (κ2) is 11.0. The topological polar surface area (TPSA) is 99.0 Å². The van der Waals surface area contributed by atoms with Gasteiger partial charge in [0, 0.05) is 11.6 Å². The molecule has 1 aliphatic rings. The fourth-order valence-electron chi connectivity index (χ4n) is 3.55. The number of amides is 2. The fourth-order valence-corrected chi connectivity index (χ4v) is 4.39. The molecule has 0 N–H and O–H groups in total. The van der Waals surface area contributed by atoms with Crippen LogP contribution in [0.15, 0.2) is 71.6 Å². The van der Waals surface area contributed by atoms with Crippen molar-refractivity contribution in [3.8, 4) is 11.5 Å². The number of thioether (sulfide) groups is 1. The number of hydrogen-bond donors (Lipinski definition) is 0. The van der Waals surface area contributed by atoms with E-state index in [-0.39, 0.29) is 29.3 Å². The van der Waals surface area contributed by atoms with Gasteiger partial charge in [-0.05, 0) is 54.6 Å². The number of para-hydroxylation sites is 1. The zero-order valence-corrected chi connectivity index (χ0v) is 20.0. The lowest BCUT2D eigenvalue weighted by Gasteiger charge is -2.13. The van der Waals surface area contributed by atoms with Crippen LogP contribution in [0.2, 0.25) is 0 Å². The van der Waals surface area contributed by atoms with E-state index in [2.05, 4.69) is 0 Å². The van der Waals surface area contributed by atoms with Crippen molar-refractivity contribution < 1.29 is 28.4 Å². The smallest absolute Gasteiger partial charge is 0.293 e. The lowest BCUT2D eigenvalue weighted by atomic mass is 10.1. The highest BCUT2D eigenvalue weighted by Crippen LogP contribution is 2.36. The number of imide groups is 1. The second-order valence-corrected chi connectivity index (χ2v) is 8.67. The Kier molecular flexibility index (Phi) is 7.65. The van der Waals surface area contributed by atoms with E-state index in [0.29, 0.717) is 29.2 Å². The van der Waals surface area contributed by atoms with E-state index in [9.17, 15) is 24.1 Å². The second-order valence-electron chi connectivity index (χ2n) is 7.67. The molecule has 0 aromatic heterocycles. The summed E-state index contributed by atoms with van der Waals surface area (Å²) in [4.78, 5) is 37.3. The molecule has 0 bridgehead atoms. The van der Waals surface area contributed by atoms with E-state index in [0.717, 1.165) is 16.7 Å². The maximum absolute atomic E-state index is 14.0. The third kappa shape index (κ3) is 5.55. The molecule has 1 fully saturated rings. The highest BCUT2D eigenvalue weighted by molar-refractivity contribution is 8.18. The van der Waals surface area contributed by atoms with Gasteiger partial charge in [0.25, 0.3) is 16.8 Å². The average molecular weight is 509 g/mol. The average Bonchev–Trinajstić information content (AvgIpc) is 3.12. The summed E-state index contributed by atoms with van der Waals surface area (Å²) < 4.78 is 25.5. The maximum atomic E-state index is 14.0. The quantitative estimate of drug-likeness (QED) is 0.200. The Labute approximate surface area is 210 Å². The molecule has 0 saturated carbocycles. The molecule has 1 heterocycles. The first-order chi connectivity index (χ1) is 17.4. The summed E-state index contributed by atoms with van der Waals surface area (Å²) in [6.07, 6.45) is 1.56. The van der Waals surface area contributed by atoms with Crippen LogP contribution in [-0.4, -0.2) is 27.6 Å². The summed E-state index contributed by atoms with van der Waals surface area (Å²) in [6, 6.07) is 17.3. The Hall–Kier alpha value is -4.18. The number of ether oxygens (including phenoxy) is 2. The molecule has 3 aromatic carbocycles. The Balaban J connectivity index is 1.53. The molecule has 10 heteroatoms. The zero-order valence-electron chi connectivity index (χ0n) is 19.2. The molecule has 8 nitrogen and oxygen atoms in total. The summed E-state index contributed by atoms with van der Waals surface area (Å²) in [7, 11) is 0. The molecule has 36 heavy (non-hydrogen) atoms. The van der Waals surface area contributed by atoms with Gasteiger partial charge >= 0.3 is 0 Å². The van der Waals surface area contributed by atoms with Crippen molar-refractivity contribution in [3.05, 3.63) is 104 Å². The van der Waals surface area contributed by atoms with E-state index in [4.69, 9.17) is 9.47 Å². The number of carbonyl (C=O) groups is 2. The standard InChI is InChI=1S/C26H21FN2O6S/c1-2-34-23-13-17(11-12-22(23)35-16-19-8-4-6-10-21(19)29(32)33)14-24-25(30)28(26(31)36-24)15-18-7-3-5-9-20(18)27/h3-14H,2,15-16H2,1H3/b24-14-. The summed E-state index contributed by atoms with van der Waals surface area (Å²) in [5.41, 5.74) is 1.21. The largest absolute Gasteiger partial charge is 0.490 e. The van der Waals surface area contributed by atoms with Crippen molar-refractivity contribution in [2.45, 2.75) is 20.1 Å². The van der Waals surface area contributed by atoms with Gasteiger partial charge in [0.15, 0.2) is 11.5 Å². The van der Waals surface area contributed by atoms with Crippen molar-refractivity contribution in [2.75, 3.05) is 6.61 Å². The number of hydrogen-bond acceptors (Lipinski definition) is 7. The molecule has 0 atom stereocenters. The van der Waals surface area contributed by atoms with E-state index in [1.54, 1.807) is 55.5 Å². The highest BCUT2D eigenvalue weighted by atomic mass is 32.2. The minimum Gasteiger partial charge on any atom is -0.490 e. The molecule has 1 saturated heterocycles. The van der Waals surface area contributed by atoms with Crippen LogP contribution in [0.3, 0.4) is 0 Å². The van der Waals surface area contributed by atoms with Crippen LogP contribution in [-0.2, 0) is 17.9 Å². The van der Waals surface area contributed by atoms with Gasteiger partial charge in [-0.3, -0.25) is 24.6 Å². The van der Waals surface area contributed by atoms with E-state index in [1.807, 2.05) is 0 Å². The number of nitro benzene ring substituents is 1. The van der Waals surface area contributed by atoms with Crippen LogP contribution in [0.1, 0.15) is 23.6 Å². The minimum atomic E-state index is -0.511. The molecule has 0 radical (unpaired) electrons. The first kappa shape index (κ1) is 24.9. The first-order valence-electron chi connectivity index (χ1n) is 11.0. The predicted molar refractivity (Wildman–Crippen MR) is 133 cm³/mol. The van der Waals surface area contributed by atoms with Crippen molar-refractivity contribution >= 4 is 34.7 Å². The number of nitrogens with zero attached hydrogens (tertiary/aromatic N) is 2. The fraction of sp³-hybridized carbons (Fsp3) is 0.154. The molecule has 3 aromatic rings. The molecular formula is C26H21FN2O6S. The van der Waals surface area contributed by atoms with Gasteiger partial charge in [0.05, 0.1) is 28.5 Å². The van der Waals surface area contributed by atoms with Crippen LogP contribution >= 0.6 is 11.8 Å². The molecule has 0 aliphatic carbocycles. The Morgan fingerprint density at radius 1 is 1.00 bits per heavy atom. The molecule has 1 aliphatic heterocycles. The van der Waals surface area contributed by atoms with E-state index in [1.165, 1.54) is 24.3 Å². The number of benzene rings is 3. The van der Waals surface area contributed by atoms with Gasteiger partial charge in [-0.1, -0.05) is 36.4 Å².